The molecule has 2 rings (SSSR count). The first-order chi connectivity index (χ1) is 9.65. The third kappa shape index (κ3) is 3.21. The van der Waals surface area contributed by atoms with Crippen molar-refractivity contribution in [3.05, 3.63) is 52.7 Å². The highest BCUT2D eigenvalue weighted by Gasteiger charge is 2.09. The number of aromatic nitrogens is 1. The van der Waals surface area contributed by atoms with Crippen LogP contribution in [0.3, 0.4) is 0 Å². The molecule has 2 aromatic rings. The molecule has 0 aliphatic rings. The van der Waals surface area contributed by atoms with Crippen LogP contribution in [0.1, 0.15) is 11.1 Å². The van der Waals surface area contributed by atoms with Gasteiger partial charge in [-0.05, 0) is 12.1 Å². The van der Waals surface area contributed by atoms with Gasteiger partial charge < -0.3 is 14.7 Å². The lowest BCUT2D eigenvalue weighted by molar-refractivity contribution is 0.282. The summed E-state index contributed by atoms with van der Waals surface area (Å²) in [4.78, 5) is 6.26. The molecular weight excluding hydrogens is 276 g/mol. The maximum absolute atomic E-state index is 9.25. The molecule has 1 heterocycles. The van der Waals surface area contributed by atoms with E-state index in [1.807, 2.05) is 36.2 Å². The molecule has 1 aromatic heterocycles. The molecule has 0 amide bonds. The van der Waals surface area contributed by atoms with Crippen molar-refractivity contribution < 1.29 is 9.84 Å². The van der Waals surface area contributed by atoms with Gasteiger partial charge in [-0.15, -0.1) is 0 Å². The van der Waals surface area contributed by atoms with E-state index in [1.54, 1.807) is 19.4 Å². The molecule has 4 nitrogen and oxygen atoms in total. The van der Waals surface area contributed by atoms with E-state index in [-0.39, 0.29) is 6.61 Å². The second-order valence-corrected chi connectivity index (χ2v) is 4.87. The van der Waals surface area contributed by atoms with Crippen molar-refractivity contribution in [1.29, 1.82) is 0 Å². The molecule has 0 saturated carbocycles. The van der Waals surface area contributed by atoms with E-state index in [0.29, 0.717) is 17.1 Å². The molecule has 1 aromatic carbocycles. The van der Waals surface area contributed by atoms with Crippen LogP contribution in [-0.4, -0.2) is 24.2 Å². The van der Waals surface area contributed by atoms with E-state index >= 15 is 0 Å². The van der Waals surface area contributed by atoms with Crippen LogP contribution < -0.4 is 9.64 Å². The second-order valence-electron chi connectivity index (χ2n) is 4.46. The zero-order valence-electron chi connectivity index (χ0n) is 11.5. The second kappa shape index (κ2) is 6.59. The summed E-state index contributed by atoms with van der Waals surface area (Å²) in [7, 11) is 3.59. The molecule has 0 saturated heterocycles. The Labute approximate surface area is 123 Å². The topological polar surface area (TPSA) is 45.6 Å². The average Bonchev–Trinajstić information content (AvgIpc) is 2.48. The highest BCUT2D eigenvalue weighted by Crippen LogP contribution is 2.23. The number of anilines is 1. The van der Waals surface area contributed by atoms with Crippen molar-refractivity contribution in [3.63, 3.8) is 0 Å². The number of ether oxygens (including phenoxy) is 1. The van der Waals surface area contributed by atoms with Crippen LogP contribution in [0.15, 0.2) is 36.5 Å². The molecule has 20 heavy (non-hydrogen) atoms. The Kier molecular flexibility index (Phi) is 4.82. The lowest BCUT2D eigenvalue weighted by atomic mass is 10.2. The number of aliphatic hydroxyl groups is 1. The van der Waals surface area contributed by atoms with Crippen LogP contribution >= 0.6 is 11.6 Å². The molecule has 0 bridgehead atoms. The largest absolute Gasteiger partial charge is 0.496 e. The summed E-state index contributed by atoms with van der Waals surface area (Å²) in [5, 5.41) is 9.72. The van der Waals surface area contributed by atoms with Crippen LogP contribution in [0.4, 0.5) is 5.82 Å². The van der Waals surface area contributed by atoms with Gasteiger partial charge in [0.25, 0.3) is 0 Å². The monoisotopic (exact) mass is 292 g/mol. The summed E-state index contributed by atoms with van der Waals surface area (Å²) in [5.74, 6) is 1.60. The number of halogens is 1. The first kappa shape index (κ1) is 14.6. The highest BCUT2D eigenvalue weighted by molar-refractivity contribution is 6.31. The fourth-order valence-electron chi connectivity index (χ4n) is 1.97. The van der Waals surface area contributed by atoms with Crippen LogP contribution in [0.5, 0.6) is 5.75 Å². The van der Waals surface area contributed by atoms with Gasteiger partial charge in [0.2, 0.25) is 0 Å². The van der Waals surface area contributed by atoms with E-state index in [1.165, 1.54) is 0 Å². The molecule has 5 heteroatoms. The summed E-state index contributed by atoms with van der Waals surface area (Å²) < 4.78 is 5.34. The summed E-state index contributed by atoms with van der Waals surface area (Å²) in [6.07, 6.45) is 1.56. The molecule has 106 valence electrons. The Bertz CT molecular complexity index is 590. The summed E-state index contributed by atoms with van der Waals surface area (Å²) in [5.41, 5.74) is 1.74. The minimum atomic E-state index is -0.100. The highest BCUT2D eigenvalue weighted by atomic mass is 35.5. The maximum atomic E-state index is 9.25. The van der Waals surface area contributed by atoms with Gasteiger partial charge in [-0.25, -0.2) is 4.98 Å². The normalized spacial score (nSPS) is 10.4. The number of pyridine rings is 1. The smallest absolute Gasteiger partial charge is 0.128 e. The number of para-hydroxylation sites is 1. The quantitative estimate of drug-likeness (QED) is 0.920. The van der Waals surface area contributed by atoms with Gasteiger partial charge in [-0.2, -0.15) is 0 Å². The molecule has 0 atom stereocenters. The zero-order chi connectivity index (χ0) is 14.5. The van der Waals surface area contributed by atoms with Gasteiger partial charge in [0.05, 0.1) is 18.7 Å². The van der Waals surface area contributed by atoms with Gasteiger partial charge >= 0.3 is 0 Å². The van der Waals surface area contributed by atoms with Gasteiger partial charge in [0, 0.05) is 30.9 Å². The lowest BCUT2D eigenvalue weighted by Gasteiger charge is -2.20. The van der Waals surface area contributed by atoms with Crippen LogP contribution in [0.25, 0.3) is 0 Å². The van der Waals surface area contributed by atoms with E-state index in [0.717, 1.165) is 17.1 Å². The predicted octanol–water partition coefficient (Wildman–Crippen LogP) is 2.87. The number of benzene rings is 1. The van der Waals surface area contributed by atoms with Crippen LogP contribution in [-0.2, 0) is 13.2 Å². The number of aliphatic hydroxyl groups excluding tert-OH is 1. The first-order valence-electron chi connectivity index (χ1n) is 6.24. The molecule has 0 aliphatic heterocycles. The first-order valence-corrected chi connectivity index (χ1v) is 6.61. The number of methoxy groups -OCH3 is 1. The van der Waals surface area contributed by atoms with Crippen molar-refractivity contribution in [2.75, 3.05) is 19.1 Å². The minimum absolute atomic E-state index is 0.100. The Morgan fingerprint density at radius 3 is 2.75 bits per heavy atom. The fraction of sp³-hybridized carbons (Fsp3) is 0.267. The van der Waals surface area contributed by atoms with Crippen molar-refractivity contribution in [2.45, 2.75) is 13.2 Å². The van der Waals surface area contributed by atoms with Crippen molar-refractivity contribution in [3.8, 4) is 5.75 Å². The minimum Gasteiger partial charge on any atom is -0.496 e. The lowest BCUT2D eigenvalue weighted by Crippen LogP contribution is -2.18. The van der Waals surface area contributed by atoms with E-state index in [4.69, 9.17) is 16.3 Å². The van der Waals surface area contributed by atoms with Crippen LogP contribution in [0, 0.1) is 0 Å². The SMILES string of the molecule is COc1ccccc1CN(C)c1cc(CO)c(Cl)cn1. The number of nitrogens with zero attached hydrogens (tertiary/aromatic N) is 2. The predicted molar refractivity (Wildman–Crippen MR) is 80.3 cm³/mol. The molecular formula is C15H17ClN2O2. The maximum Gasteiger partial charge on any atom is 0.128 e. The number of hydrogen-bond donors (Lipinski definition) is 1. The fourth-order valence-corrected chi connectivity index (χ4v) is 2.13. The van der Waals surface area contributed by atoms with E-state index in [9.17, 15) is 5.11 Å². The molecule has 0 unspecified atom stereocenters. The Morgan fingerprint density at radius 1 is 1.30 bits per heavy atom. The molecule has 0 fully saturated rings. The van der Waals surface area contributed by atoms with E-state index < -0.39 is 0 Å². The van der Waals surface area contributed by atoms with Crippen molar-refractivity contribution in [1.82, 2.24) is 4.98 Å². The summed E-state index contributed by atoms with van der Waals surface area (Å²) in [6, 6.07) is 9.64. The van der Waals surface area contributed by atoms with Gasteiger partial charge in [-0.1, -0.05) is 29.8 Å². The van der Waals surface area contributed by atoms with Gasteiger partial charge in [0.15, 0.2) is 0 Å². The van der Waals surface area contributed by atoms with Gasteiger partial charge in [-0.3, -0.25) is 0 Å². The van der Waals surface area contributed by atoms with Crippen LogP contribution in [0.2, 0.25) is 5.02 Å². The zero-order valence-corrected chi connectivity index (χ0v) is 12.3. The third-order valence-electron chi connectivity index (χ3n) is 3.08. The summed E-state index contributed by atoms with van der Waals surface area (Å²) >= 11 is 5.95. The number of hydrogen-bond acceptors (Lipinski definition) is 4. The Hall–Kier alpha value is -1.78. The van der Waals surface area contributed by atoms with E-state index in [2.05, 4.69) is 4.98 Å². The summed E-state index contributed by atoms with van der Waals surface area (Å²) in [6.45, 7) is 0.556. The average molecular weight is 293 g/mol. The molecule has 1 N–H and O–H groups in total. The molecule has 0 spiro atoms. The Balaban J connectivity index is 2.21. The standard InChI is InChI=1S/C15H17ClN2O2/c1-18(9-11-5-3-4-6-14(11)20-2)15-7-12(10-19)13(16)8-17-15/h3-8,19H,9-10H2,1-2H3. The third-order valence-corrected chi connectivity index (χ3v) is 3.42. The number of rotatable bonds is 5. The Morgan fingerprint density at radius 2 is 2.05 bits per heavy atom. The molecule has 0 radical (unpaired) electrons. The van der Waals surface area contributed by atoms with Gasteiger partial charge in [0.1, 0.15) is 11.6 Å². The molecule has 0 aliphatic carbocycles. The van der Waals surface area contributed by atoms with Crippen molar-refractivity contribution in [2.24, 2.45) is 0 Å². The van der Waals surface area contributed by atoms with Crippen molar-refractivity contribution >= 4 is 17.4 Å².